The predicted octanol–water partition coefficient (Wildman–Crippen LogP) is 0.0779. The van der Waals surface area contributed by atoms with Crippen molar-refractivity contribution in [3.63, 3.8) is 0 Å². The van der Waals surface area contributed by atoms with E-state index >= 15 is 0 Å². The third-order valence-electron chi connectivity index (χ3n) is 4.54. The molecule has 2 rings (SSSR count). The lowest BCUT2D eigenvalue weighted by molar-refractivity contribution is -0.134. The lowest BCUT2D eigenvalue weighted by Crippen LogP contribution is -2.55. The molecule has 152 valence electrons. The zero-order valence-electron chi connectivity index (χ0n) is 15.7. The molecule has 0 saturated carbocycles. The first-order chi connectivity index (χ1) is 12.8. The van der Waals surface area contributed by atoms with Crippen LogP contribution in [0.3, 0.4) is 0 Å². The Bertz CT molecular complexity index is 651. The van der Waals surface area contributed by atoms with Gasteiger partial charge in [-0.1, -0.05) is 0 Å². The fourth-order valence-corrected chi connectivity index (χ4v) is 3.10. The van der Waals surface area contributed by atoms with E-state index < -0.39 is 17.5 Å². The standard InChI is InChI=1S/C16H24N2O5.C2H4O2/c1-23-8-2-6-16(11-19)10-18(7-5-13(16)20)15(22)12-3-4-14(21)17-9-12;1-2(3)4/h3-4,9,13,19-20H,2,5-8,10-11H2,1H3,(H,17,21);1H3,(H,3,4)/t13-,16+;/m1./s1. The number of carbonyl (C=O) groups excluding carboxylic acids is 1. The number of amides is 1. The van der Waals surface area contributed by atoms with Gasteiger partial charge in [0.2, 0.25) is 5.56 Å². The maximum absolute atomic E-state index is 12.6. The number of carbonyl (C=O) groups is 2. The van der Waals surface area contributed by atoms with Crippen LogP contribution in [0.5, 0.6) is 0 Å². The molecule has 2 atom stereocenters. The highest BCUT2D eigenvalue weighted by Gasteiger charge is 2.43. The quantitative estimate of drug-likeness (QED) is 0.509. The summed E-state index contributed by atoms with van der Waals surface area (Å²) in [5.74, 6) is -1.04. The first-order valence-corrected chi connectivity index (χ1v) is 8.71. The zero-order valence-corrected chi connectivity index (χ0v) is 15.7. The zero-order chi connectivity index (χ0) is 20.4. The lowest BCUT2D eigenvalue weighted by Gasteiger charge is -2.45. The number of carboxylic acids is 1. The summed E-state index contributed by atoms with van der Waals surface area (Å²) in [5.41, 5.74) is -0.598. The number of hydrogen-bond acceptors (Lipinski definition) is 6. The number of H-pyrrole nitrogens is 1. The van der Waals surface area contributed by atoms with Gasteiger partial charge in [-0.05, 0) is 25.3 Å². The van der Waals surface area contributed by atoms with E-state index in [1.807, 2.05) is 0 Å². The molecule has 1 aromatic rings. The Kier molecular flexibility index (Phi) is 9.13. The number of aromatic amines is 1. The number of ether oxygens (including phenoxy) is 1. The number of aromatic nitrogens is 1. The van der Waals surface area contributed by atoms with Crippen LogP contribution in [0.2, 0.25) is 0 Å². The maximum Gasteiger partial charge on any atom is 0.300 e. The van der Waals surface area contributed by atoms with E-state index in [-0.39, 0.29) is 24.6 Å². The first kappa shape index (κ1) is 22.8. The van der Waals surface area contributed by atoms with Gasteiger partial charge < -0.3 is 29.9 Å². The van der Waals surface area contributed by atoms with E-state index in [9.17, 15) is 19.8 Å². The van der Waals surface area contributed by atoms with Crippen molar-refractivity contribution < 1.29 is 29.6 Å². The summed E-state index contributed by atoms with van der Waals surface area (Å²) in [7, 11) is 1.61. The van der Waals surface area contributed by atoms with Crippen molar-refractivity contribution >= 4 is 11.9 Å². The molecule has 9 heteroatoms. The number of piperidine rings is 1. The van der Waals surface area contributed by atoms with E-state index in [1.165, 1.54) is 18.3 Å². The molecule has 1 aromatic heterocycles. The molecular weight excluding hydrogens is 356 g/mol. The molecule has 0 aliphatic carbocycles. The smallest absolute Gasteiger partial charge is 0.300 e. The summed E-state index contributed by atoms with van der Waals surface area (Å²) in [6.45, 7) is 2.15. The topological polar surface area (TPSA) is 140 Å². The largest absolute Gasteiger partial charge is 0.481 e. The van der Waals surface area contributed by atoms with Gasteiger partial charge in [-0.15, -0.1) is 0 Å². The molecule has 27 heavy (non-hydrogen) atoms. The second-order valence-corrected chi connectivity index (χ2v) is 6.61. The fourth-order valence-electron chi connectivity index (χ4n) is 3.10. The Hall–Kier alpha value is -2.23. The van der Waals surface area contributed by atoms with Crippen molar-refractivity contribution in [1.29, 1.82) is 0 Å². The Morgan fingerprint density at radius 3 is 2.59 bits per heavy atom. The summed E-state index contributed by atoms with van der Waals surface area (Å²) in [6, 6.07) is 2.79. The minimum atomic E-state index is -0.833. The van der Waals surface area contributed by atoms with Crippen LogP contribution in [-0.2, 0) is 9.53 Å². The van der Waals surface area contributed by atoms with Crippen LogP contribution >= 0.6 is 0 Å². The van der Waals surface area contributed by atoms with Crippen LogP contribution < -0.4 is 5.56 Å². The van der Waals surface area contributed by atoms with Crippen molar-refractivity contribution in [3.8, 4) is 0 Å². The molecule has 1 amide bonds. The molecule has 0 bridgehead atoms. The molecule has 1 aliphatic rings. The normalized spacial score (nSPS) is 21.9. The second-order valence-electron chi connectivity index (χ2n) is 6.61. The fraction of sp³-hybridized carbons (Fsp3) is 0.611. The minimum Gasteiger partial charge on any atom is -0.481 e. The highest BCUT2D eigenvalue weighted by atomic mass is 16.5. The molecule has 0 spiro atoms. The Morgan fingerprint density at radius 1 is 1.41 bits per heavy atom. The minimum absolute atomic E-state index is 0.187. The third-order valence-corrected chi connectivity index (χ3v) is 4.54. The molecular formula is C18H28N2O7. The van der Waals surface area contributed by atoms with Crippen LogP contribution in [0.1, 0.15) is 36.5 Å². The van der Waals surface area contributed by atoms with Gasteiger partial charge in [0.25, 0.3) is 11.9 Å². The van der Waals surface area contributed by atoms with Gasteiger partial charge in [0.1, 0.15) is 0 Å². The number of methoxy groups -OCH3 is 1. The van der Waals surface area contributed by atoms with Gasteiger partial charge in [-0.3, -0.25) is 14.4 Å². The molecule has 0 unspecified atom stereocenters. The van der Waals surface area contributed by atoms with Crippen LogP contribution in [0.15, 0.2) is 23.1 Å². The number of aliphatic hydroxyl groups is 2. The predicted molar refractivity (Wildman–Crippen MR) is 97.5 cm³/mol. The van der Waals surface area contributed by atoms with E-state index in [0.29, 0.717) is 38.0 Å². The van der Waals surface area contributed by atoms with Gasteiger partial charge in [0, 0.05) is 51.4 Å². The van der Waals surface area contributed by atoms with Crippen LogP contribution in [0.25, 0.3) is 0 Å². The summed E-state index contributed by atoms with van der Waals surface area (Å²) in [4.78, 5) is 36.8. The van der Waals surface area contributed by atoms with Crippen LogP contribution in [0, 0.1) is 5.41 Å². The SMILES string of the molecule is CC(=O)O.COCCC[C@@]1(CO)CN(C(=O)c2ccc(=O)[nH]c2)CC[C@H]1O. The molecule has 9 nitrogen and oxygen atoms in total. The number of pyridine rings is 1. The molecule has 0 aromatic carbocycles. The molecule has 1 fully saturated rings. The average molecular weight is 384 g/mol. The Labute approximate surface area is 157 Å². The number of nitrogens with one attached hydrogen (secondary N) is 1. The third kappa shape index (κ3) is 6.78. The van der Waals surface area contributed by atoms with Crippen molar-refractivity contribution in [2.24, 2.45) is 5.41 Å². The summed E-state index contributed by atoms with van der Waals surface area (Å²) in [5, 5.41) is 27.6. The molecule has 1 saturated heterocycles. The number of nitrogens with zero attached hydrogens (tertiary/aromatic N) is 1. The van der Waals surface area contributed by atoms with Gasteiger partial charge >= 0.3 is 0 Å². The van der Waals surface area contributed by atoms with Crippen molar-refractivity contribution in [2.75, 3.05) is 33.4 Å². The molecule has 0 radical (unpaired) electrons. The van der Waals surface area contributed by atoms with Crippen LogP contribution in [0.4, 0.5) is 0 Å². The van der Waals surface area contributed by atoms with E-state index in [1.54, 1.807) is 12.0 Å². The van der Waals surface area contributed by atoms with E-state index in [2.05, 4.69) is 4.98 Å². The number of rotatable bonds is 6. The number of aliphatic carboxylic acids is 1. The maximum atomic E-state index is 12.6. The number of hydrogen-bond donors (Lipinski definition) is 4. The van der Waals surface area contributed by atoms with Gasteiger partial charge in [-0.2, -0.15) is 0 Å². The first-order valence-electron chi connectivity index (χ1n) is 8.71. The van der Waals surface area contributed by atoms with Gasteiger partial charge in [-0.25, -0.2) is 0 Å². The number of carboxylic acid groups (broad SMARTS) is 1. The molecule has 4 N–H and O–H groups in total. The van der Waals surface area contributed by atoms with Gasteiger partial charge in [0.15, 0.2) is 0 Å². The molecule has 2 heterocycles. The van der Waals surface area contributed by atoms with Gasteiger partial charge in [0.05, 0.1) is 18.3 Å². The monoisotopic (exact) mass is 384 g/mol. The number of aliphatic hydroxyl groups excluding tert-OH is 2. The lowest BCUT2D eigenvalue weighted by atomic mass is 9.74. The summed E-state index contributed by atoms with van der Waals surface area (Å²) >= 11 is 0. The number of likely N-dealkylation sites (tertiary alicyclic amines) is 1. The molecule has 1 aliphatic heterocycles. The highest BCUT2D eigenvalue weighted by molar-refractivity contribution is 5.94. The Balaban J connectivity index is 0.000000828. The van der Waals surface area contributed by atoms with E-state index in [0.717, 1.165) is 6.92 Å². The van der Waals surface area contributed by atoms with Crippen molar-refractivity contribution in [2.45, 2.75) is 32.3 Å². The second kappa shape index (κ2) is 10.8. The summed E-state index contributed by atoms with van der Waals surface area (Å²) in [6.07, 6.45) is 2.44. The van der Waals surface area contributed by atoms with Crippen molar-refractivity contribution in [3.05, 3.63) is 34.2 Å². The van der Waals surface area contributed by atoms with E-state index in [4.69, 9.17) is 14.6 Å². The summed E-state index contributed by atoms with van der Waals surface area (Å²) < 4.78 is 5.03. The average Bonchev–Trinajstić information content (AvgIpc) is 2.63. The van der Waals surface area contributed by atoms with Crippen LogP contribution in [-0.4, -0.2) is 76.6 Å². The highest BCUT2D eigenvalue weighted by Crippen LogP contribution is 2.35. The Morgan fingerprint density at radius 2 is 2.07 bits per heavy atom. The van der Waals surface area contributed by atoms with Crippen molar-refractivity contribution in [1.82, 2.24) is 9.88 Å².